The van der Waals surface area contributed by atoms with Crippen molar-refractivity contribution in [3.05, 3.63) is 186 Å². The standard InChI is InChI=1S/C53H33N7/c1-2-6-36(7-3-1)51-58-52(43-20-16-37-28-41(18-14-39(37)30-43)45-24-22-34-12-10-32-8-4-26-54-47(32)49(34)56-45)60-53(59-51)44-21-17-38-29-42(19-15-40(38)31-44)46-25-23-35-13-11-33-9-5-27-55-48(33)50(35)57-46/h1-20,22-31,44H,21H2. The van der Waals surface area contributed by atoms with Crippen LogP contribution in [-0.2, 0) is 0 Å². The van der Waals surface area contributed by atoms with E-state index in [9.17, 15) is 0 Å². The van der Waals surface area contributed by atoms with Crippen molar-refractivity contribution in [1.29, 1.82) is 0 Å². The monoisotopic (exact) mass is 767 g/mol. The van der Waals surface area contributed by atoms with Gasteiger partial charge in [0.1, 0.15) is 5.82 Å². The van der Waals surface area contributed by atoms with Crippen molar-refractivity contribution >= 4 is 66.5 Å². The first-order valence-electron chi connectivity index (χ1n) is 20.1. The van der Waals surface area contributed by atoms with E-state index in [0.29, 0.717) is 11.6 Å². The fourth-order valence-corrected chi connectivity index (χ4v) is 8.50. The minimum absolute atomic E-state index is 0.0198. The van der Waals surface area contributed by atoms with Crippen LogP contribution in [0, 0.1) is 0 Å². The van der Waals surface area contributed by atoms with Crippen molar-refractivity contribution in [2.45, 2.75) is 12.3 Å². The molecule has 0 amide bonds. The van der Waals surface area contributed by atoms with Gasteiger partial charge in [0.25, 0.3) is 0 Å². The topological polar surface area (TPSA) is 90.2 Å². The maximum Gasteiger partial charge on any atom is 0.163 e. The molecule has 7 nitrogen and oxygen atoms in total. The molecule has 0 saturated heterocycles. The van der Waals surface area contributed by atoms with Gasteiger partial charge in [-0.3, -0.25) is 9.97 Å². The van der Waals surface area contributed by atoms with Crippen LogP contribution in [0.1, 0.15) is 18.2 Å². The summed E-state index contributed by atoms with van der Waals surface area (Å²) >= 11 is 0. The van der Waals surface area contributed by atoms with Crippen LogP contribution in [0.2, 0.25) is 0 Å². The molecule has 7 heteroatoms. The second-order valence-electron chi connectivity index (χ2n) is 15.4. The predicted octanol–water partition coefficient (Wildman–Crippen LogP) is 10.6. The molecule has 0 fully saturated rings. The summed E-state index contributed by atoms with van der Waals surface area (Å²) in [5, 5.41) is 8.86. The average Bonchev–Trinajstić information content (AvgIpc) is 3.33. The Bertz CT molecular complexity index is 3660. The number of benzene rings is 6. The Morgan fingerprint density at radius 3 is 1.57 bits per heavy atom. The highest BCUT2D eigenvalue weighted by Gasteiger charge is 2.19. The normalized spacial score (nSPS) is 13.7. The van der Waals surface area contributed by atoms with Gasteiger partial charge >= 0.3 is 0 Å². The van der Waals surface area contributed by atoms with Crippen molar-refractivity contribution < 1.29 is 0 Å². The molecular weight excluding hydrogens is 735 g/mol. The second-order valence-corrected chi connectivity index (χ2v) is 15.4. The van der Waals surface area contributed by atoms with Crippen LogP contribution in [-0.4, -0.2) is 34.9 Å². The maximum atomic E-state index is 5.17. The van der Waals surface area contributed by atoms with Gasteiger partial charge < -0.3 is 0 Å². The number of nitrogens with zero attached hydrogens (tertiary/aromatic N) is 7. The van der Waals surface area contributed by atoms with Crippen molar-refractivity contribution in [2.75, 3.05) is 0 Å². The van der Waals surface area contributed by atoms with E-state index in [2.05, 4.69) is 150 Å². The lowest BCUT2D eigenvalue weighted by Gasteiger charge is -2.16. The summed E-state index contributed by atoms with van der Waals surface area (Å²) in [6, 6.07) is 54.6. The molecule has 1 atom stereocenters. The summed E-state index contributed by atoms with van der Waals surface area (Å²) in [6.45, 7) is 0. The van der Waals surface area contributed by atoms with Gasteiger partial charge in [-0.25, -0.2) is 24.9 Å². The van der Waals surface area contributed by atoms with E-state index < -0.39 is 0 Å². The van der Waals surface area contributed by atoms with Crippen LogP contribution < -0.4 is 10.4 Å². The van der Waals surface area contributed by atoms with Gasteiger partial charge in [0.2, 0.25) is 0 Å². The fraction of sp³-hybridized carbons (Fsp3) is 0.0377. The summed E-state index contributed by atoms with van der Waals surface area (Å²) in [6.07, 6.45) is 9.01. The van der Waals surface area contributed by atoms with Gasteiger partial charge in [0.15, 0.2) is 11.6 Å². The molecule has 5 heterocycles. The number of hydrogen-bond donors (Lipinski definition) is 0. The molecular formula is C53H33N7. The molecule has 0 N–H and O–H groups in total. The second kappa shape index (κ2) is 13.8. The molecule has 5 aromatic heterocycles. The van der Waals surface area contributed by atoms with E-state index >= 15 is 0 Å². The smallest absolute Gasteiger partial charge is 0.163 e. The van der Waals surface area contributed by atoms with Gasteiger partial charge in [-0.2, -0.15) is 0 Å². The minimum atomic E-state index is -0.0198. The molecule has 0 saturated carbocycles. The Morgan fingerprint density at radius 2 is 0.900 bits per heavy atom. The van der Waals surface area contributed by atoms with Crippen LogP contribution in [0.25, 0.3) is 112 Å². The van der Waals surface area contributed by atoms with E-state index in [1.54, 1.807) is 0 Å². The van der Waals surface area contributed by atoms with Gasteiger partial charge in [-0.05, 0) is 70.1 Å². The SMILES string of the molecule is C1=c2ccc(-c3ccc4ccc5cccnc5c4n3)cc2=CCC1c1nc(-c2ccccc2)nc(-c2ccc3cc(-c4ccc5ccc6cccnc6c5n4)ccc3c2)n1. The lowest BCUT2D eigenvalue weighted by atomic mass is 9.95. The minimum Gasteiger partial charge on any atom is -0.254 e. The highest BCUT2D eigenvalue weighted by atomic mass is 15.0. The van der Waals surface area contributed by atoms with E-state index in [0.717, 1.165) is 105 Å². The molecule has 0 aliphatic heterocycles. The Morgan fingerprint density at radius 1 is 0.367 bits per heavy atom. The maximum absolute atomic E-state index is 5.17. The number of rotatable bonds is 5. The quantitative estimate of drug-likeness (QED) is 0.161. The molecule has 60 heavy (non-hydrogen) atoms. The van der Waals surface area contributed by atoms with Crippen LogP contribution in [0.15, 0.2) is 170 Å². The molecule has 280 valence electrons. The first kappa shape index (κ1) is 34.0. The third-order valence-electron chi connectivity index (χ3n) is 11.6. The van der Waals surface area contributed by atoms with Crippen LogP contribution >= 0.6 is 0 Å². The van der Waals surface area contributed by atoms with E-state index in [1.165, 1.54) is 5.22 Å². The van der Waals surface area contributed by atoms with Gasteiger partial charge in [-0.15, -0.1) is 0 Å². The molecule has 0 radical (unpaired) electrons. The van der Waals surface area contributed by atoms with Crippen LogP contribution in [0.3, 0.4) is 0 Å². The fourth-order valence-electron chi connectivity index (χ4n) is 8.50. The summed E-state index contributed by atoms with van der Waals surface area (Å²) < 4.78 is 0. The Hall–Kier alpha value is -8.03. The molecule has 1 unspecified atom stereocenters. The van der Waals surface area contributed by atoms with Crippen molar-refractivity contribution in [1.82, 2.24) is 34.9 Å². The number of hydrogen-bond acceptors (Lipinski definition) is 7. The summed E-state index contributed by atoms with van der Waals surface area (Å²) in [5.41, 5.74) is 9.52. The van der Waals surface area contributed by atoms with E-state index in [1.807, 2.05) is 42.7 Å². The van der Waals surface area contributed by atoms with E-state index in [4.69, 9.17) is 24.9 Å². The Kier molecular flexibility index (Phi) is 7.84. The molecule has 1 aliphatic rings. The average molecular weight is 768 g/mol. The molecule has 1 aliphatic carbocycles. The van der Waals surface area contributed by atoms with Crippen LogP contribution in [0.5, 0.6) is 0 Å². The van der Waals surface area contributed by atoms with Crippen molar-refractivity contribution in [3.63, 3.8) is 0 Å². The highest BCUT2D eigenvalue weighted by Crippen LogP contribution is 2.32. The molecule has 11 aromatic rings. The van der Waals surface area contributed by atoms with Gasteiger partial charge in [-0.1, -0.05) is 127 Å². The van der Waals surface area contributed by atoms with Crippen molar-refractivity contribution in [2.24, 2.45) is 0 Å². The zero-order chi connectivity index (χ0) is 39.6. The predicted molar refractivity (Wildman–Crippen MR) is 242 cm³/mol. The van der Waals surface area contributed by atoms with Crippen molar-refractivity contribution in [3.8, 4) is 45.3 Å². The van der Waals surface area contributed by atoms with Crippen LogP contribution in [0.4, 0.5) is 0 Å². The summed E-state index contributed by atoms with van der Waals surface area (Å²) in [5.74, 6) is 2.04. The summed E-state index contributed by atoms with van der Waals surface area (Å²) in [4.78, 5) is 34.8. The molecule has 0 spiro atoms. The molecule has 6 aromatic carbocycles. The lowest BCUT2D eigenvalue weighted by molar-refractivity contribution is 0.808. The third-order valence-corrected chi connectivity index (χ3v) is 11.6. The van der Waals surface area contributed by atoms with Gasteiger partial charge in [0.05, 0.1) is 33.5 Å². The third kappa shape index (κ3) is 5.95. The number of fused-ring (bicyclic) bond motifs is 8. The first-order chi connectivity index (χ1) is 29.7. The molecule has 12 rings (SSSR count). The number of aromatic nitrogens is 7. The molecule has 0 bridgehead atoms. The van der Waals surface area contributed by atoms with E-state index in [-0.39, 0.29) is 5.92 Å². The lowest BCUT2D eigenvalue weighted by Crippen LogP contribution is -2.29. The first-order valence-corrected chi connectivity index (χ1v) is 20.1. The summed E-state index contributed by atoms with van der Waals surface area (Å²) in [7, 11) is 0. The Balaban J connectivity index is 0.894. The number of pyridine rings is 4. The zero-order valence-electron chi connectivity index (χ0n) is 32.2. The largest absolute Gasteiger partial charge is 0.254 e. The zero-order valence-corrected chi connectivity index (χ0v) is 32.2. The highest BCUT2D eigenvalue weighted by molar-refractivity contribution is 6.04. The van der Waals surface area contributed by atoms with Gasteiger partial charge in [0, 0.05) is 62.1 Å². The Labute approximate surface area is 344 Å².